The fourth-order valence-electron chi connectivity index (χ4n) is 2.14. The second-order valence-electron chi connectivity index (χ2n) is 5.20. The van der Waals surface area contributed by atoms with Crippen molar-refractivity contribution in [1.29, 1.82) is 0 Å². The van der Waals surface area contributed by atoms with Gasteiger partial charge < -0.3 is 15.5 Å². The summed E-state index contributed by atoms with van der Waals surface area (Å²) in [6.07, 6.45) is 12.5. The molecule has 0 amide bonds. The van der Waals surface area contributed by atoms with E-state index in [2.05, 4.69) is 12.2 Å². The van der Waals surface area contributed by atoms with Crippen LogP contribution in [0.4, 0.5) is 0 Å². The van der Waals surface area contributed by atoms with E-state index in [4.69, 9.17) is 5.11 Å². The predicted molar refractivity (Wildman–Crippen MR) is 77.8 cm³/mol. The second-order valence-corrected chi connectivity index (χ2v) is 5.20. The number of aliphatic hydroxyl groups is 2. The predicted octanol–water partition coefficient (Wildman–Crippen LogP) is 2.85. The normalized spacial score (nSPS) is 12.8. The summed E-state index contributed by atoms with van der Waals surface area (Å²) in [6.45, 7) is 3.58. The van der Waals surface area contributed by atoms with E-state index in [0.717, 1.165) is 12.8 Å². The van der Waals surface area contributed by atoms with Crippen LogP contribution in [0.5, 0.6) is 0 Å². The summed E-state index contributed by atoms with van der Waals surface area (Å²) < 4.78 is 0. The first-order valence-electron chi connectivity index (χ1n) is 7.81. The van der Waals surface area contributed by atoms with Crippen molar-refractivity contribution in [2.45, 2.75) is 77.2 Å². The lowest BCUT2D eigenvalue weighted by Gasteiger charge is -2.10. The van der Waals surface area contributed by atoms with Crippen LogP contribution in [0.1, 0.15) is 71.1 Å². The Bertz CT molecular complexity index is 153. The molecule has 0 aliphatic rings. The molecule has 0 aliphatic heterocycles. The summed E-state index contributed by atoms with van der Waals surface area (Å²) in [5.41, 5.74) is 0. The van der Waals surface area contributed by atoms with E-state index >= 15 is 0 Å². The van der Waals surface area contributed by atoms with Crippen molar-refractivity contribution in [3.05, 3.63) is 0 Å². The molecule has 3 nitrogen and oxygen atoms in total. The van der Waals surface area contributed by atoms with Crippen molar-refractivity contribution in [2.75, 3.05) is 19.7 Å². The maximum Gasteiger partial charge on any atom is 0.0664 e. The van der Waals surface area contributed by atoms with E-state index in [1.54, 1.807) is 0 Å². The third-order valence-electron chi connectivity index (χ3n) is 3.31. The molecular weight excluding hydrogens is 226 g/mol. The number of nitrogens with one attached hydrogen (secondary N) is 1. The van der Waals surface area contributed by atoms with Crippen LogP contribution in [-0.2, 0) is 0 Å². The van der Waals surface area contributed by atoms with Gasteiger partial charge in [-0.2, -0.15) is 0 Å². The van der Waals surface area contributed by atoms with Crippen molar-refractivity contribution in [1.82, 2.24) is 5.32 Å². The summed E-state index contributed by atoms with van der Waals surface area (Å²) in [5.74, 6) is 0. The molecule has 1 atom stereocenters. The molecule has 0 saturated heterocycles. The minimum atomic E-state index is -0.249. The van der Waals surface area contributed by atoms with Gasteiger partial charge in [-0.3, -0.25) is 0 Å². The van der Waals surface area contributed by atoms with E-state index in [-0.39, 0.29) is 12.7 Å². The Labute approximate surface area is 113 Å². The van der Waals surface area contributed by atoms with Gasteiger partial charge in [-0.15, -0.1) is 0 Å². The largest absolute Gasteiger partial charge is 0.395 e. The Hall–Kier alpha value is -0.120. The molecule has 0 rings (SSSR count). The van der Waals surface area contributed by atoms with E-state index in [9.17, 15) is 5.11 Å². The zero-order chi connectivity index (χ0) is 13.5. The highest BCUT2D eigenvalue weighted by molar-refractivity contribution is 4.59. The average Bonchev–Trinajstić information content (AvgIpc) is 2.37. The zero-order valence-electron chi connectivity index (χ0n) is 12.2. The van der Waals surface area contributed by atoms with Crippen molar-refractivity contribution < 1.29 is 10.2 Å². The summed E-state index contributed by atoms with van der Waals surface area (Å²) >= 11 is 0. The van der Waals surface area contributed by atoms with Crippen molar-refractivity contribution in [3.63, 3.8) is 0 Å². The van der Waals surface area contributed by atoms with E-state index in [1.807, 2.05) is 0 Å². The third-order valence-corrected chi connectivity index (χ3v) is 3.31. The number of aliphatic hydroxyl groups excluding tert-OH is 2. The number of unbranched alkanes of at least 4 members (excludes halogenated alkanes) is 8. The van der Waals surface area contributed by atoms with Gasteiger partial charge in [-0.25, -0.2) is 0 Å². The molecule has 0 saturated carbocycles. The Morgan fingerprint density at radius 3 is 2.00 bits per heavy atom. The SMILES string of the molecule is CCCCCCCCCCCC(O)CNCCO. The number of hydrogen-bond acceptors (Lipinski definition) is 3. The maximum atomic E-state index is 9.63. The lowest BCUT2D eigenvalue weighted by Crippen LogP contribution is -2.28. The van der Waals surface area contributed by atoms with Gasteiger partial charge in [0, 0.05) is 13.1 Å². The molecule has 0 bridgehead atoms. The van der Waals surface area contributed by atoms with E-state index in [1.165, 1.54) is 51.4 Å². The molecule has 110 valence electrons. The maximum absolute atomic E-state index is 9.63. The van der Waals surface area contributed by atoms with Crippen LogP contribution in [0.2, 0.25) is 0 Å². The minimum Gasteiger partial charge on any atom is -0.395 e. The first-order chi connectivity index (χ1) is 8.81. The molecule has 18 heavy (non-hydrogen) atoms. The van der Waals surface area contributed by atoms with Crippen LogP contribution in [0.15, 0.2) is 0 Å². The molecular formula is C15H33NO2. The first kappa shape index (κ1) is 17.9. The second kappa shape index (κ2) is 14.9. The summed E-state index contributed by atoms with van der Waals surface area (Å²) in [5, 5.41) is 21.2. The molecule has 0 radical (unpaired) electrons. The van der Waals surface area contributed by atoms with Crippen LogP contribution in [0.25, 0.3) is 0 Å². The van der Waals surface area contributed by atoms with Gasteiger partial charge in [0.2, 0.25) is 0 Å². The van der Waals surface area contributed by atoms with E-state index < -0.39 is 0 Å². The molecule has 3 heteroatoms. The van der Waals surface area contributed by atoms with Gasteiger partial charge in [0.15, 0.2) is 0 Å². The monoisotopic (exact) mass is 259 g/mol. The first-order valence-corrected chi connectivity index (χ1v) is 7.81. The molecule has 0 aromatic heterocycles. The van der Waals surface area contributed by atoms with Crippen molar-refractivity contribution in [3.8, 4) is 0 Å². The number of hydrogen-bond donors (Lipinski definition) is 3. The molecule has 0 aromatic rings. The molecule has 1 unspecified atom stereocenters. The quantitative estimate of drug-likeness (QED) is 0.420. The van der Waals surface area contributed by atoms with Crippen LogP contribution in [0.3, 0.4) is 0 Å². The van der Waals surface area contributed by atoms with Gasteiger partial charge in [-0.1, -0.05) is 64.7 Å². The molecule has 0 aromatic carbocycles. The Balaban J connectivity index is 3.05. The van der Waals surface area contributed by atoms with Gasteiger partial charge in [0.25, 0.3) is 0 Å². The number of rotatable bonds is 14. The summed E-state index contributed by atoms with van der Waals surface area (Å²) in [4.78, 5) is 0. The van der Waals surface area contributed by atoms with Crippen LogP contribution < -0.4 is 5.32 Å². The summed E-state index contributed by atoms with van der Waals surface area (Å²) in [7, 11) is 0. The van der Waals surface area contributed by atoms with Gasteiger partial charge in [0.1, 0.15) is 0 Å². The van der Waals surface area contributed by atoms with Crippen molar-refractivity contribution >= 4 is 0 Å². The smallest absolute Gasteiger partial charge is 0.0664 e. The fraction of sp³-hybridized carbons (Fsp3) is 1.00. The Morgan fingerprint density at radius 1 is 0.889 bits per heavy atom. The molecule has 3 N–H and O–H groups in total. The van der Waals surface area contributed by atoms with Crippen LogP contribution in [0, 0.1) is 0 Å². The highest BCUT2D eigenvalue weighted by Gasteiger charge is 2.02. The fourth-order valence-corrected chi connectivity index (χ4v) is 2.14. The average molecular weight is 259 g/mol. The molecule has 0 aliphatic carbocycles. The van der Waals surface area contributed by atoms with Crippen molar-refractivity contribution in [2.24, 2.45) is 0 Å². The van der Waals surface area contributed by atoms with Crippen LogP contribution >= 0.6 is 0 Å². The highest BCUT2D eigenvalue weighted by Crippen LogP contribution is 2.11. The lowest BCUT2D eigenvalue weighted by molar-refractivity contribution is 0.155. The highest BCUT2D eigenvalue weighted by atomic mass is 16.3. The topological polar surface area (TPSA) is 52.5 Å². The van der Waals surface area contributed by atoms with Gasteiger partial charge in [-0.05, 0) is 6.42 Å². The zero-order valence-corrected chi connectivity index (χ0v) is 12.2. The molecule has 0 fully saturated rings. The summed E-state index contributed by atoms with van der Waals surface area (Å²) in [6, 6.07) is 0. The minimum absolute atomic E-state index is 0.144. The molecule has 0 heterocycles. The standard InChI is InChI=1S/C15H33NO2/c1-2-3-4-5-6-7-8-9-10-11-15(18)14-16-12-13-17/h15-18H,2-14H2,1H3. The third kappa shape index (κ3) is 13.9. The van der Waals surface area contributed by atoms with Gasteiger partial charge >= 0.3 is 0 Å². The lowest BCUT2D eigenvalue weighted by atomic mass is 10.1. The van der Waals surface area contributed by atoms with E-state index in [0.29, 0.717) is 13.1 Å². The Morgan fingerprint density at radius 2 is 1.44 bits per heavy atom. The van der Waals surface area contributed by atoms with Gasteiger partial charge in [0.05, 0.1) is 12.7 Å². The molecule has 0 spiro atoms. The Kier molecular flexibility index (Phi) is 14.8. The van der Waals surface area contributed by atoms with Crippen LogP contribution in [-0.4, -0.2) is 36.0 Å².